The number of nitrogens with zero attached hydrogens (tertiary/aromatic N) is 2. The van der Waals surface area contributed by atoms with E-state index >= 15 is 0 Å². The summed E-state index contributed by atoms with van der Waals surface area (Å²) in [5, 5.41) is 13.3. The molecule has 1 aromatic rings. The molecule has 0 radical (unpaired) electrons. The molecule has 7 nitrogen and oxygen atoms in total. The van der Waals surface area contributed by atoms with Crippen LogP contribution in [0.2, 0.25) is 0 Å². The van der Waals surface area contributed by atoms with Gasteiger partial charge in [0.25, 0.3) is 5.97 Å². The Morgan fingerprint density at radius 1 is 0.850 bits per heavy atom. The largest absolute Gasteiger partial charge is 0.481 e. The highest BCUT2D eigenvalue weighted by Crippen LogP contribution is 2.56. The average Bonchev–Trinajstić information content (AvgIpc) is 2.85. The molecule has 5 rings (SSSR count). The van der Waals surface area contributed by atoms with Crippen LogP contribution in [0.1, 0.15) is 125 Å². The molecule has 4 N–H and O–H groups in total. The summed E-state index contributed by atoms with van der Waals surface area (Å²) in [5.74, 6) is -0.408. The number of ketones is 1. The van der Waals surface area contributed by atoms with Gasteiger partial charge in [0, 0.05) is 25.1 Å². The number of allylic oxidation sites excluding steroid dienone is 4. The number of aryl methyl sites for hydroxylation is 1. The smallest absolute Gasteiger partial charge is 0.300 e. The Bertz CT molecular complexity index is 1170. The summed E-state index contributed by atoms with van der Waals surface area (Å²) in [6, 6.07) is 0. The van der Waals surface area contributed by atoms with Crippen molar-refractivity contribution < 1.29 is 14.7 Å². The second-order valence-corrected chi connectivity index (χ2v) is 14.1. The van der Waals surface area contributed by atoms with Crippen LogP contribution in [0, 0.1) is 27.1 Å². The number of fused-ring (bicyclic) bond motifs is 2. The standard InChI is InChI=1S/C16H22N2.C14H22O.C2H4O2.CH4N2/c1-15(2)7-8-16(3,4)13-12(15)6-5-11-9-17-10-18-14(11)13;1-13(2)8-9-14(3,4)12-10(13)6-5-7-11(12)15;1-2(3)4;2-1-3/h9-10H,5-8H2,1-4H3;5-9H2,1-4H3;1H3,(H,3,4);1H,(H3,2,3). The minimum absolute atomic E-state index is 0.127. The monoisotopic (exact) mass is 552 g/mol. The van der Waals surface area contributed by atoms with Crippen molar-refractivity contribution in [1.29, 1.82) is 5.41 Å². The summed E-state index contributed by atoms with van der Waals surface area (Å²) in [6.07, 6.45) is 14.7. The molecule has 4 aliphatic rings. The molecular formula is C33H52N4O3. The number of hydrogen-bond donors (Lipinski definition) is 3. The summed E-state index contributed by atoms with van der Waals surface area (Å²) in [6.45, 7) is 19.7. The fourth-order valence-corrected chi connectivity index (χ4v) is 6.81. The first kappa shape index (κ1) is 33.4. The lowest BCUT2D eigenvalue weighted by Crippen LogP contribution is -2.36. The summed E-state index contributed by atoms with van der Waals surface area (Å²) < 4.78 is 0. The van der Waals surface area contributed by atoms with Gasteiger partial charge < -0.3 is 10.8 Å². The van der Waals surface area contributed by atoms with Crippen LogP contribution in [0.3, 0.4) is 0 Å². The van der Waals surface area contributed by atoms with E-state index in [1.54, 1.807) is 11.9 Å². The van der Waals surface area contributed by atoms with E-state index in [4.69, 9.17) is 15.3 Å². The van der Waals surface area contributed by atoms with Crippen LogP contribution in [0.4, 0.5) is 0 Å². The molecule has 0 saturated carbocycles. The highest BCUT2D eigenvalue weighted by molar-refractivity contribution is 5.98. The number of carboxylic acids is 1. The second-order valence-electron chi connectivity index (χ2n) is 14.1. The van der Waals surface area contributed by atoms with E-state index in [0.29, 0.717) is 11.2 Å². The van der Waals surface area contributed by atoms with Crippen molar-refractivity contribution in [2.24, 2.45) is 27.4 Å². The van der Waals surface area contributed by atoms with Crippen molar-refractivity contribution >= 4 is 23.7 Å². The zero-order valence-corrected chi connectivity index (χ0v) is 26.3. The molecule has 0 aromatic carbocycles. The van der Waals surface area contributed by atoms with E-state index in [2.05, 4.69) is 71.1 Å². The van der Waals surface area contributed by atoms with E-state index in [9.17, 15) is 4.79 Å². The van der Waals surface area contributed by atoms with E-state index in [0.717, 1.165) is 45.4 Å². The molecule has 0 spiro atoms. The van der Waals surface area contributed by atoms with E-state index < -0.39 is 5.97 Å². The van der Waals surface area contributed by atoms with Gasteiger partial charge in [0.1, 0.15) is 6.33 Å². The number of aliphatic carboxylic acids is 1. The Labute approximate surface area is 241 Å². The number of carbonyl (C=O) groups is 2. The Hall–Kier alpha value is -2.83. The topological polar surface area (TPSA) is 130 Å². The zero-order valence-electron chi connectivity index (χ0n) is 26.3. The van der Waals surface area contributed by atoms with Gasteiger partial charge in [0.05, 0.1) is 12.0 Å². The van der Waals surface area contributed by atoms with Crippen LogP contribution in [0.5, 0.6) is 0 Å². The Morgan fingerprint density at radius 2 is 1.30 bits per heavy atom. The van der Waals surface area contributed by atoms with Gasteiger partial charge in [-0.05, 0) is 84.2 Å². The molecule has 0 aliphatic heterocycles. The predicted octanol–water partition coefficient (Wildman–Crippen LogP) is 7.55. The molecule has 0 fully saturated rings. The van der Waals surface area contributed by atoms with Crippen LogP contribution < -0.4 is 5.73 Å². The molecule has 40 heavy (non-hydrogen) atoms. The van der Waals surface area contributed by atoms with Crippen molar-refractivity contribution in [1.82, 2.24) is 9.97 Å². The maximum absolute atomic E-state index is 12.1. The summed E-state index contributed by atoms with van der Waals surface area (Å²) in [7, 11) is 0. The van der Waals surface area contributed by atoms with Gasteiger partial charge in [0.2, 0.25) is 0 Å². The first-order valence-electron chi connectivity index (χ1n) is 14.6. The van der Waals surface area contributed by atoms with Crippen LogP contribution in [-0.2, 0) is 16.0 Å². The normalized spacial score (nSPS) is 22.8. The number of aromatic nitrogens is 2. The lowest BCUT2D eigenvalue weighted by atomic mass is 9.59. The number of carboxylic acid groups (broad SMARTS) is 1. The van der Waals surface area contributed by atoms with E-state index in [1.807, 2.05) is 6.20 Å². The highest BCUT2D eigenvalue weighted by Gasteiger charge is 2.43. The van der Waals surface area contributed by atoms with Gasteiger partial charge in [-0.1, -0.05) is 66.5 Å². The quantitative estimate of drug-likeness (QED) is 0.225. The van der Waals surface area contributed by atoms with Gasteiger partial charge in [0.15, 0.2) is 5.78 Å². The highest BCUT2D eigenvalue weighted by atomic mass is 16.4. The Kier molecular flexibility index (Phi) is 10.7. The minimum Gasteiger partial charge on any atom is -0.481 e. The van der Waals surface area contributed by atoms with Gasteiger partial charge >= 0.3 is 0 Å². The maximum Gasteiger partial charge on any atom is 0.300 e. The maximum atomic E-state index is 12.1. The van der Waals surface area contributed by atoms with Crippen molar-refractivity contribution in [3.8, 4) is 0 Å². The molecule has 222 valence electrons. The Balaban J connectivity index is 0.000000230. The average molecular weight is 553 g/mol. The molecule has 0 saturated heterocycles. The predicted molar refractivity (Wildman–Crippen MR) is 163 cm³/mol. The molecule has 1 heterocycles. The molecule has 1 aromatic heterocycles. The third kappa shape index (κ3) is 7.67. The lowest BCUT2D eigenvalue weighted by Gasteiger charge is -2.45. The summed E-state index contributed by atoms with van der Waals surface area (Å²) in [4.78, 5) is 29.9. The molecule has 0 bridgehead atoms. The Morgan fingerprint density at radius 3 is 1.80 bits per heavy atom. The first-order chi connectivity index (χ1) is 18.4. The molecule has 0 unspecified atom stereocenters. The summed E-state index contributed by atoms with van der Waals surface area (Å²) in [5.41, 5.74) is 13.8. The molecule has 4 aliphatic carbocycles. The minimum atomic E-state index is -0.833. The van der Waals surface area contributed by atoms with Crippen molar-refractivity contribution in [3.05, 3.63) is 40.5 Å². The first-order valence-corrected chi connectivity index (χ1v) is 14.6. The number of nitrogens with one attached hydrogen (secondary N) is 1. The van der Waals surface area contributed by atoms with Crippen LogP contribution in [0.15, 0.2) is 29.2 Å². The number of nitrogens with two attached hydrogens (primary N) is 1. The van der Waals surface area contributed by atoms with Crippen molar-refractivity contribution in [2.75, 3.05) is 0 Å². The lowest BCUT2D eigenvalue weighted by molar-refractivity contribution is -0.134. The van der Waals surface area contributed by atoms with Gasteiger partial charge in [-0.2, -0.15) is 0 Å². The zero-order chi connectivity index (χ0) is 30.5. The van der Waals surface area contributed by atoms with E-state index in [-0.39, 0.29) is 16.2 Å². The molecular weight excluding hydrogens is 500 g/mol. The third-order valence-corrected chi connectivity index (χ3v) is 9.12. The van der Waals surface area contributed by atoms with Crippen LogP contribution in [0.25, 0.3) is 5.57 Å². The SMILES string of the molecule is CC(=O)O.CC1(C)CCC(C)(C)C2=C1CCCC2=O.CC1(C)CCC(C)(C)C2=C1CCc1cncnc12.N=CN. The van der Waals surface area contributed by atoms with Gasteiger partial charge in [-0.3, -0.25) is 15.0 Å². The number of rotatable bonds is 0. The summed E-state index contributed by atoms with van der Waals surface area (Å²) >= 11 is 0. The molecule has 0 amide bonds. The van der Waals surface area contributed by atoms with Gasteiger partial charge in [-0.25, -0.2) is 9.97 Å². The fourth-order valence-electron chi connectivity index (χ4n) is 6.81. The van der Waals surface area contributed by atoms with Crippen LogP contribution >= 0.6 is 0 Å². The van der Waals surface area contributed by atoms with E-state index in [1.165, 1.54) is 53.7 Å². The second kappa shape index (κ2) is 12.8. The third-order valence-electron chi connectivity index (χ3n) is 9.12. The number of carbonyl (C=O) groups excluding carboxylic acids is 1. The molecule has 0 atom stereocenters. The van der Waals surface area contributed by atoms with Gasteiger partial charge in [-0.15, -0.1) is 0 Å². The van der Waals surface area contributed by atoms with Crippen LogP contribution in [-0.4, -0.2) is 33.2 Å². The van der Waals surface area contributed by atoms with Crippen molar-refractivity contribution in [2.45, 2.75) is 120 Å². The number of Topliss-reactive ketones (excluding diaryl/α,β-unsaturated/α-hetero) is 1. The van der Waals surface area contributed by atoms with Crippen molar-refractivity contribution in [3.63, 3.8) is 0 Å². The fraction of sp³-hybridized carbons (Fsp3) is 0.667. The molecule has 7 heteroatoms. The number of hydrogen-bond acceptors (Lipinski definition) is 5.